The zero-order valence-corrected chi connectivity index (χ0v) is 12.3. The van der Waals surface area contributed by atoms with E-state index in [1.807, 2.05) is 24.5 Å². The molecule has 7 heteroatoms. The van der Waals surface area contributed by atoms with Crippen molar-refractivity contribution in [2.75, 3.05) is 11.6 Å². The van der Waals surface area contributed by atoms with Crippen LogP contribution in [0.4, 0.5) is 10.8 Å². The maximum absolute atomic E-state index is 5.99. The van der Waals surface area contributed by atoms with Crippen LogP contribution in [0.15, 0.2) is 35.5 Å². The van der Waals surface area contributed by atoms with E-state index in [0.717, 1.165) is 15.6 Å². The summed E-state index contributed by atoms with van der Waals surface area (Å²) in [5, 5.41) is 4.45. The second-order valence-corrected chi connectivity index (χ2v) is 5.85. The van der Waals surface area contributed by atoms with Crippen molar-refractivity contribution in [1.29, 1.82) is 0 Å². The van der Waals surface area contributed by atoms with Gasteiger partial charge in [-0.15, -0.1) is 11.8 Å². The average molecular weight is 309 g/mol. The van der Waals surface area contributed by atoms with Crippen LogP contribution in [0, 0.1) is 0 Å². The number of nitrogens with one attached hydrogen (secondary N) is 1. The lowest BCUT2D eigenvalue weighted by atomic mass is 10.3. The van der Waals surface area contributed by atoms with Crippen molar-refractivity contribution < 1.29 is 0 Å². The summed E-state index contributed by atoms with van der Waals surface area (Å²) in [6, 6.07) is 8.08. The molecule has 0 amide bonds. The van der Waals surface area contributed by atoms with Crippen LogP contribution in [0.3, 0.4) is 0 Å². The molecule has 0 aliphatic rings. The molecule has 0 spiro atoms. The Labute approximate surface area is 123 Å². The summed E-state index contributed by atoms with van der Waals surface area (Å²) in [7, 11) is 0. The Balaban J connectivity index is 1.99. The number of para-hydroxylation sites is 1. The molecule has 1 N–H and O–H groups in total. The van der Waals surface area contributed by atoms with Crippen LogP contribution in [0.25, 0.3) is 10.3 Å². The summed E-state index contributed by atoms with van der Waals surface area (Å²) in [6.07, 6.45) is 3.49. The van der Waals surface area contributed by atoms with Crippen LogP contribution in [0.5, 0.6) is 0 Å². The quantitative estimate of drug-likeness (QED) is 0.580. The highest BCUT2D eigenvalue weighted by Gasteiger charge is 2.10. The smallest absolute Gasteiger partial charge is 0.189 e. The molecule has 0 atom stereocenters. The lowest BCUT2D eigenvalue weighted by Gasteiger charge is -2.06. The summed E-state index contributed by atoms with van der Waals surface area (Å²) in [4.78, 5) is 14.5. The predicted octanol–water partition coefficient (Wildman–Crippen LogP) is 4.21. The zero-order valence-electron chi connectivity index (χ0n) is 9.92. The molecule has 0 radical (unpaired) electrons. The van der Waals surface area contributed by atoms with Crippen molar-refractivity contribution >= 4 is 55.9 Å². The van der Waals surface area contributed by atoms with Crippen LogP contribution in [-0.4, -0.2) is 21.2 Å². The molecule has 19 heavy (non-hydrogen) atoms. The van der Waals surface area contributed by atoms with Crippen molar-refractivity contribution in [3.05, 3.63) is 35.7 Å². The van der Waals surface area contributed by atoms with E-state index in [4.69, 9.17) is 11.6 Å². The number of anilines is 2. The minimum atomic E-state index is 0.382. The zero-order chi connectivity index (χ0) is 13.2. The van der Waals surface area contributed by atoms with Gasteiger partial charge in [0.2, 0.25) is 0 Å². The molecule has 0 aliphatic carbocycles. The number of hydrogen-bond donors (Lipinski definition) is 1. The van der Waals surface area contributed by atoms with Gasteiger partial charge in [-0.1, -0.05) is 35.1 Å². The van der Waals surface area contributed by atoms with Crippen molar-refractivity contribution in [2.45, 2.75) is 4.90 Å². The Kier molecular flexibility index (Phi) is 3.54. The Bertz CT molecular complexity index is 729. The van der Waals surface area contributed by atoms with Crippen molar-refractivity contribution in [1.82, 2.24) is 15.0 Å². The third-order valence-corrected chi connectivity index (χ3v) is 4.45. The fraction of sp³-hybridized carbons (Fsp3) is 0.0833. The molecule has 1 aromatic carbocycles. The summed E-state index contributed by atoms with van der Waals surface area (Å²) < 4.78 is 0. The Morgan fingerprint density at radius 1 is 1.26 bits per heavy atom. The third-order valence-electron chi connectivity index (χ3n) is 2.50. The molecule has 96 valence electrons. The fourth-order valence-electron chi connectivity index (χ4n) is 1.64. The van der Waals surface area contributed by atoms with Gasteiger partial charge < -0.3 is 5.32 Å². The topological polar surface area (TPSA) is 50.7 Å². The van der Waals surface area contributed by atoms with Gasteiger partial charge >= 0.3 is 0 Å². The van der Waals surface area contributed by atoms with Crippen LogP contribution >= 0.6 is 34.7 Å². The Morgan fingerprint density at radius 2 is 2.11 bits per heavy atom. The lowest BCUT2D eigenvalue weighted by Crippen LogP contribution is -1.91. The highest BCUT2D eigenvalue weighted by Crippen LogP contribution is 2.32. The van der Waals surface area contributed by atoms with Crippen LogP contribution in [-0.2, 0) is 0 Å². The number of fused-ring (bicyclic) bond motifs is 1. The largest absolute Gasteiger partial charge is 0.331 e. The van der Waals surface area contributed by atoms with Gasteiger partial charge in [-0.05, 0) is 18.4 Å². The fourth-order valence-corrected chi connectivity index (χ4v) is 3.25. The predicted molar refractivity (Wildman–Crippen MR) is 81.7 cm³/mol. The molecule has 0 aliphatic heterocycles. The molecule has 4 nitrogen and oxygen atoms in total. The molecule has 2 heterocycles. The first kappa shape index (κ1) is 12.7. The van der Waals surface area contributed by atoms with E-state index in [-0.39, 0.29) is 0 Å². The van der Waals surface area contributed by atoms with E-state index < -0.39 is 0 Å². The summed E-state index contributed by atoms with van der Waals surface area (Å²) in [6.45, 7) is 0. The van der Waals surface area contributed by atoms with Gasteiger partial charge in [-0.25, -0.2) is 15.0 Å². The van der Waals surface area contributed by atoms with Gasteiger partial charge in [-0.3, -0.25) is 0 Å². The number of hydrogen-bond acceptors (Lipinski definition) is 6. The van der Waals surface area contributed by atoms with Gasteiger partial charge in [-0.2, -0.15) is 0 Å². The Morgan fingerprint density at radius 3 is 2.89 bits per heavy atom. The SMILES string of the molecule is CSc1ccccc1Nc1nc2c(Cl)ncnc2s1. The normalized spacial score (nSPS) is 10.8. The van der Waals surface area contributed by atoms with E-state index in [0.29, 0.717) is 10.7 Å². The highest BCUT2D eigenvalue weighted by atomic mass is 35.5. The molecule has 2 aromatic heterocycles. The van der Waals surface area contributed by atoms with E-state index in [1.165, 1.54) is 22.6 Å². The number of aromatic nitrogens is 3. The monoisotopic (exact) mass is 308 g/mol. The van der Waals surface area contributed by atoms with Gasteiger partial charge in [0.05, 0.1) is 5.69 Å². The molecule has 0 fully saturated rings. The van der Waals surface area contributed by atoms with Crippen LogP contribution in [0.2, 0.25) is 5.15 Å². The van der Waals surface area contributed by atoms with E-state index >= 15 is 0 Å². The van der Waals surface area contributed by atoms with E-state index in [1.54, 1.807) is 11.8 Å². The first-order chi connectivity index (χ1) is 9.28. The van der Waals surface area contributed by atoms with Crippen molar-refractivity contribution in [2.24, 2.45) is 0 Å². The van der Waals surface area contributed by atoms with Crippen LogP contribution < -0.4 is 5.32 Å². The number of nitrogens with zero attached hydrogens (tertiary/aromatic N) is 3. The minimum Gasteiger partial charge on any atom is -0.331 e. The summed E-state index contributed by atoms with van der Waals surface area (Å²) in [5.41, 5.74) is 1.66. The molecule has 0 unspecified atom stereocenters. The molecule has 3 rings (SSSR count). The number of rotatable bonds is 3. The first-order valence-corrected chi connectivity index (χ1v) is 7.87. The van der Waals surface area contributed by atoms with Gasteiger partial charge in [0, 0.05) is 4.90 Å². The lowest BCUT2D eigenvalue weighted by molar-refractivity contribution is 1.22. The second kappa shape index (κ2) is 5.32. The molecule has 0 saturated heterocycles. The van der Waals surface area contributed by atoms with E-state index in [2.05, 4.69) is 26.3 Å². The first-order valence-electron chi connectivity index (χ1n) is 5.45. The maximum atomic E-state index is 5.99. The van der Waals surface area contributed by atoms with Crippen molar-refractivity contribution in [3.63, 3.8) is 0 Å². The highest BCUT2D eigenvalue weighted by molar-refractivity contribution is 7.98. The van der Waals surface area contributed by atoms with Crippen LogP contribution in [0.1, 0.15) is 0 Å². The average Bonchev–Trinajstić information content (AvgIpc) is 2.83. The molecular formula is C12H9ClN4S2. The number of thiazole rings is 1. The van der Waals surface area contributed by atoms with Gasteiger partial charge in [0.25, 0.3) is 0 Å². The van der Waals surface area contributed by atoms with Crippen molar-refractivity contribution in [3.8, 4) is 0 Å². The second-order valence-electron chi connectivity index (χ2n) is 3.66. The standard InChI is InChI=1S/C12H9ClN4S2/c1-18-8-5-3-2-4-7(8)16-12-17-9-10(13)14-6-15-11(9)19-12/h2-6H,1H3,(H,16,17). The Hall–Kier alpha value is -1.37. The van der Waals surface area contributed by atoms with Gasteiger partial charge in [0.15, 0.2) is 10.3 Å². The number of benzene rings is 1. The molecular weight excluding hydrogens is 300 g/mol. The molecule has 0 bridgehead atoms. The van der Waals surface area contributed by atoms with E-state index in [9.17, 15) is 0 Å². The molecule has 0 saturated carbocycles. The maximum Gasteiger partial charge on any atom is 0.189 e. The molecule has 3 aromatic rings. The number of halogens is 1. The minimum absolute atomic E-state index is 0.382. The summed E-state index contributed by atoms with van der Waals surface area (Å²) >= 11 is 9.14. The summed E-state index contributed by atoms with van der Waals surface area (Å²) in [5.74, 6) is 0. The van der Waals surface area contributed by atoms with Gasteiger partial charge in [0.1, 0.15) is 16.7 Å². The third kappa shape index (κ3) is 2.51. The number of thioether (sulfide) groups is 1.